The van der Waals surface area contributed by atoms with Crippen LogP contribution in [-0.4, -0.2) is 34.1 Å². The van der Waals surface area contributed by atoms with E-state index in [4.69, 9.17) is 28.4 Å². The molecule has 7 nitrogen and oxygen atoms in total. The maximum Gasteiger partial charge on any atom is 0.342 e. The average Bonchev–Trinajstić information content (AvgIpc) is 3.36. The maximum absolute atomic E-state index is 12.5. The van der Waals surface area contributed by atoms with Crippen molar-refractivity contribution in [1.29, 1.82) is 0 Å². The summed E-state index contributed by atoms with van der Waals surface area (Å²) in [6.45, 7) is 0.319. The van der Waals surface area contributed by atoms with E-state index in [0.717, 1.165) is 27.5 Å². The highest BCUT2D eigenvalue weighted by atomic mass is 16.7. The van der Waals surface area contributed by atoms with Gasteiger partial charge in [0.25, 0.3) is 0 Å². The molecule has 0 atom stereocenters. The topological polar surface area (TPSA) is 72.5 Å². The van der Waals surface area contributed by atoms with Crippen molar-refractivity contribution >= 4 is 16.7 Å². The number of carbonyl (C=O) groups excluding carboxylic acids is 1. The number of esters is 1. The van der Waals surface area contributed by atoms with Crippen LogP contribution in [0.2, 0.25) is 0 Å². The number of carbonyl (C=O) groups is 1. The monoisotopic (exact) mass is 394 g/mol. The van der Waals surface area contributed by atoms with Gasteiger partial charge in [0.2, 0.25) is 6.79 Å². The fraction of sp³-hybridized carbons (Fsp3) is 0.227. The van der Waals surface area contributed by atoms with Crippen molar-refractivity contribution in [2.45, 2.75) is 6.61 Å². The zero-order chi connectivity index (χ0) is 20.1. The molecule has 148 valence electrons. The Labute approximate surface area is 166 Å². The summed E-state index contributed by atoms with van der Waals surface area (Å²) in [5.41, 5.74) is 2.93. The Morgan fingerprint density at radius 2 is 1.52 bits per heavy atom. The van der Waals surface area contributed by atoms with E-state index in [2.05, 4.69) is 0 Å². The predicted molar refractivity (Wildman–Crippen MR) is 104 cm³/mol. The van der Waals surface area contributed by atoms with E-state index in [1.54, 1.807) is 21.3 Å². The molecule has 0 amide bonds. The van der Waals surface area contributed by atoms with Crippen molar-refractivity contribution in [3.8, 4) is 39.9 Å². The minimum absolute atomic E-state index is 0.154. The van der Waals surface area contributed by atoms with Gasteiger partial charge in [0.05, 0.1) is 21.3 Å². The molecule has 0 radical (unpaired) electrons. The van der Waals surface area contributed by atoms with Crippen LogP contribution in [-0.2, 0) is 11.3 Å². The first-order chi connectivity index (χ1) is 14.2. The van der Waals surface area contributed by atoms with Crippen molar-refractivity contribution in [3.63, 3.8) is 0 Å². The molecule has 0 aromatic heterocycles. The third-order valence-corrected chi connectivity index (χ3v) is 5.29. The van der Waals surface area contributed by atoms with E-state index in [1.807, 2.05) is 30.3 Å². The first kappa shape index (κ1) is 17.5. The second-order valence-electron chi connectivity index (χ2n) is 6.66. The summed E-state index contributed by atoms with van der Waals surface area (Å²) >= 11 is 0. The highest BCUT2D eigenvalue weighted by molar-refractivity contribution is 6.12. The van der Waals surface area contributed by atoms with Crippen LogP contribution < -0.4 is 23.7 Å². The number of benzene rings is 3. The van der Waals surface area contributed by atoms with Gasteiger partial charge in [-0.3, -0.25) is 0 Å². The van der Waals surface area contributed by atoms with Gasteiger partial charge in [-0.1, -0.05) is 6.07 Å². The second-order valence-corrected chi connectivity index (χ2v) is 6.66. The molecule has 2 aliphatic heterocycles. The lowest BCUT2D eigenvalue weighted by Gasteiger charge is -2.17. The zero-order valence-corrected chi connectivity index (χ0v) is 16.2. The number of fused-ring (bicyclic) bond motifs is 3. The molecule has 0 spiro atoms. The lowest BCUT2D eigenvalue weighted by atomic mass is 9.89. The molecule has 0 saturated heterocycles. The first-order valence-corrected chi connectivity index (χ1v) is 9.02. The SMILES string of the molecule is COc1ccc(-c2c3c(c(OC)c4cc5c(cc24)OCO5)C(=O)OC3)cc1OC. The third-order valence-electron chi connectivity index (χ3n) is 5.29. The van der Waals surface area contributed by atoms with Crippen LogP contribution in [0.15, 0.2) is 30.3 Å². The van der Waals surface area contributed by atoms with Gasteiger partial charge in [-0.15, -0.1) is 0 Å². The fourth-order valence-electron chi connectivity index (χ4n) is 4.00. The maximum atomic E-state index is 12.5. The van der Waals surface area contributed by atoms with Crippen molar-refractivity contribution < 1.29 is 33.2 Å². The Hall–Kier alpha value is -3.61. The lowest BCUT2D eigenvalue weighted by Crippen LogP contribution is -2.01. The van der Waals surface area contributed by atoms with Crippen molar-refractivity contribution in [3.05, 3.63) is 41.5 Å². The van der Waals surface area contributed by atoms with Crippen LogP contribution in [0.4, 0.5) is 0 Å². The molecule has 0 N–H and O–H groups in total. The van der Waals surface area contributed by atoms with Gasteiger partial charge < -0.3 is 28.4 Å². The molecule has 3 aromatic carbocycles. The summed E-state index contributed by atoms with van der Waals surface area (Å²) in [6, 6.07) is 9.40. The van der Waals surface area contributed by atoms with Crippen LogP contribution in [0, 0.1) is 0 Å². The van der Waals surface area contributed by atoms with Crippen molar-refractivity contribution in [2.24, 2.45) is 0 Å². The van der Waals surface area contributed by atoms with Crippen LogP contribution in [0.25, 0.3) is 21.9 Å². The van der Waals surface area contributed by atoms with Crippen LogP contribution in [0.1, 0.15) is 15.9 Å². The second kappa shape index (κ2) is 6.48. The molecule has 2 heterocycles. The van der Waals surface area contributed by atoms with E-state index in [-0.39, 0.29) is 13.4 Å². The summed E-state index contributed by atoms with van der Waals surface area (Å²) < 4.78 is 33.0. The molecular formula is C22H18O7. The van der Waals surface area contributed by atoms with Crippen molar-refractivity contribution in [2.75, 3.05) is 28.1 Å². The Bertz CT molecular complexity index is 1170. The third kappa shape index (κ3) is 2.47. The van der Waals surface area contributed by atoms with E-state index in [9.17, 15) is 4.79 Å². The van der Waals surface area contributed by atoms with Crippen LogP contribution in [0.3, 0.4) is 0 Å². The number of cyclic esters (lactones) is 1. The molecule has 29 heavy (non-hydrogen) atoms. The quantitative estimate of drug-likeness (QED) is 0.621. The molecule has 2 aliphatic rings. The lowest BCUT2D eigenvalue weighted by molar-refractivity contribution is 0.0533. The molecule has 3 aromatic rings. The number of hydrogen-bond acceptors (Lipinski definition) is 7. The van der Waals surface area contributed by atoms with E-state index in [0.29, 0.717) is 34.3 Å². The Morgan fingerprint density at radius 1 is 0.793 bits per heavy atom. The van der Waals surface area contributed by atoms with Gasteiger partial charge in [-0.25, -0.2) is 4.79 Å². The Morgan fingerprint density at radius 3 is 2.21 bits per heavy atom. The number of ether oxygens (including phenoxy) is 6. The smallest absolute Gasteiger partial charge is 0.342 e. The molecule has 0 bridgehead atoms. The van der Waals surface area contributed by atoms with E-state index in [1.165, 1.54) is 0 Å². The molecule has 0 unspecified atom stereocenters. The number of hydrogen-bond donors (Lipinski definition) is 0. The summed E-state index contributed by atoms with van der Waals surface area (Å²) in [5, 5.41) is 1.62. The summed E-state index contributed by atoms with van der Waals surface area (Å²) in [4.78, 5) is 12.5. The minimum Gasteiger partial charge on any atom is -0.495 e. The molecule has 0 aliphatic carbocycles. The Kier molecular flexibility index (Phi) is 3.91. The van der Waals surface area contributed by atoms with Gasteiger partial charge in [0, 0.05) is 10.9 Å². The standard InChI is InChI=1S/C22H18O7/c1-24-15-5-4-11(6-16(15)25-2)19-12-7-17-18(29-10-28-17)8-13(12)21(26-3)20-14(19)9-27-22(20)23/h4-8H,9-10H2,1-3H3. The van der Waals surface area contributed by atoms with Gasteiger partial charge in [0.15, 0.2) is 23.0 Å². The van der Waals surface area contributed by atoms with Crippen LogP contribution in [0.5, 0.6) is 28.7 Å². The van der Waals surface area contributed by atoms with Crippen LogP contribution >= 0.6 is 0 Å². The minimum atomic E-state index is -0.404. The normalized spacial score (nSPS) is 14.0. The highest BCUT2D eigenvalue weighted by Gasteiger charge is 2.33. The molecule has 7 heteroatoms. The van der Waals surface area contributed by atoms with Gasteiger partial charge in [-0.05, 0) is 40.8 Å². The first-order valence-electron chi connectivity index (χ1n) is 9.02. The predicted octanol–water partition coefficient (Wildman–Crippen LogP) is 3.93. The summed E-state index contributed by atoms with van der Waals surface area (Å²) in [6.07, 6.45) is 0. The average molecular weight is 394 g/mol. The van der Waals surface area contributed by atoms with Crippen molar-refractivity contribution in [1.82, 2.24) is 0 Å². The van der Waals surface area contributed by atoms with Gasteiger partial charge in [0.1, 0.15) is 17.9 Å². The van der Waals surface area contributed by atoms with E-state index >= 15 is 0 Å². The summed E-state index contributed by atoms with van der Waals surface area (Å²) in [5.74, 6) is 2.54. The molecule has 5 rings (SSSR count). The number of rotatable bonds is 4. The Balaban J connectivity index is 1.89. The zero-order valence-electron chi connectivity index (χ0n) is 16.2. The largest absolute Gasteiger partial charge is 0.495 e. The molecular weight excluding hydrogens is 376 g/mol. The van der Waals surface area contributed by atoms with E-state index < -0.39 is 5.97 Å². The van der Waals surface area contributed by atoms with Gasteiger partial charge in [-0.2, -0.15) is 0 Å². The summed E-state index contributed by atoms with van der Waals surface area (Å²) in [7, 11) is 4.72. The number of methoxy groups -OCH3 is 3. The fourth-order valence-corrected chi connectivity index (χ4v) is 4.00. The van der Waals surface area contributed by atoms with Gasteiger partial charge >= 0.3 is 5.97 Å². The molecule has 0 fully saturated rings. The molecule has 0 saturated carbocycles. The highest BCUT2D eigenvalue weighted by Crippen LogP contribution is 2.49.